The molecule has 0 fully saturated rings. The number of pyridine rings is 1. The van der Waals surface area contributed by atoms with Gasteiger partial charge in [-0.05, 0) is 30.5 Å². The van der Waals surface area contributed by atoms with Crippen LogP contribution in [-0.2, 0) is 20.4 Å². The van der Waals surface area contributed by atoms with Crippen LogP contribution < -0.4 is 0 Å². The van der Waals surface area contributed by atoms with Gasteiger partial charge in [0.15, 0.2) is 9.84 Å². The number of hydrogen-bond donors (Lipinski definition) is 1. The third-order valence-electron chi connectivity index (χ3n) is 3.90. The minimum atomic E-state index is -3.38. The second-order valence-corrected chi connectivity index (χ2v) is 7.90. The van der Waals surface area contributed by atoms with Gasteiger partial charge in [-0.25, -0.2) is 13.5 Å². The zero-order valence-corrected chi connectivity index (χ0v) is 13.9. The van der Waals surface area contributed by atoms with Gasteiger partial charge in [-0.2, -0.15) is 0 Å². The Hall–Kier alpha value is -1.99. The molecule has 124 valence electrons. The molecule has 1 aromatic heterocycles. The predicted octanol–water partition coefficient (Wildman–Crippen LogP) is 2.02. The molecule has 6 nitrogen and oxygen atoms in total. The van der Waals surface area contributed by atoms with Gasteiger partial charge < -0.3 is 0 Å². The molecule has 0 saturated heterocycles. The lowest BCUT2D eigenvalue weighted by Gasteiger charge is -2.24. The van der Waals surface area contributed by atoms with E-state index in [-0.39, 0.29) is 23.8 Å². The van der Waals surface area contributed by atoms with E-state index < -0.39 is 15.9 Å². The fourth-order valence-corrected chi connectivity index (χ4v) is 4.27. The molecule has 2 rings (SSSR count). The van der Waals surface area contributed by atoms with Crippen molar-refractivity contribution < 1.29 is 18.4 Å². The third-order valence-corrected chi connectivity index (χ3v) is 5.71. The van der Waals surface area contributed by atoms with E-state index >= 15 is 0 Å². The number of hydrogen-bond acceptors (Lipinski definition) is 5. The highest BCUT2D eigenvalue weighted by Crippen LogP contribution is 2.17. The molecule has 0 spiro atoms. The zero-order valence-electron chi connectivity index (χ0n) is 13.1. The van der Waals surface area contributed by atoms with Gasteiger partial charge in [0.1, 0.15) is 0 Å². The first-order valence-electron chi connectivity index (χ1n) is 7.29. The average molecular weight is 336 g/mol. The minimum Gasteiger partial charge on any atom is -0.286 e. The van der Waals surface area contributed by atoms with Crippen molar-refractivity contribution in [3.63, 3.8) is 0 Å². The molecule has 2 atom stereocenters. The lowest BCUT2D eigenvalue weighted by atomic mass is 10.1. The molecule has 1 heterocycles. The summed E-state index contributed by atoms with van der Waals surface area (Å²) in [5, 5.41) is 10.8. The summed E-state index contributed by atoms with van der Waals surface area (Å²) in [5.41, 5.74) is 1.44. The first-order chi connectivity index (χ1) is 10.8. The molecule has 0 aliphatic heterocycles. The van der Waals surface area contributed by atoms with Crippen molar-refractivity contribution in [3.05, 3.63) is 42.1 Å². The van der Waals surface area contributed by atoms with Gasteiger partial charge >= 0.3 is 0 Å². The van der Waals surface area contributed by atoms with Gasteiger partial charge in [0.05, 0.1) is 23.1 Å². The first-order valence-corrected chi connectivity index (χ1v) is 9.11. The highest BCUT2D eigenvalue weighted by atomic mass is 32.2. The summed E-state index contributed by atoms with van der Waals surface area (Å²) < 4.78 is 24.7. The molecule has 0 radical (unpaired) electrons. The highest BCUT2D eigenvalue weighted by molar-refractivity contribution is 7.90. The number of rotatable bonds is 7. The predicted molar refractivity (Wildman–Crippen MR) is 87.5 cm³/mol. The standard InChI is InChI=1S/C16H20N2O4S/c1-12(13(2)18(20)11-19)9-23(21,22)10-14-7-15-5-3-4-6-16(15)17-8-14/h3-8,11-13,20H,9-10H2,1-2H3. The number of carbonyl (C=O) groups is 1. The van der Waals surface area contributed by atoms with E-state index in [0.29, 0.717) is 10.6 Å². The summed E-state index contributed by atoms with van der Waals surface area (Å²) in [5.74, 6) is -0.621. The van der Waals surface area contributed by atoms with E-state index in [4.69, 9.17) is 0 Å². The van der Waals surface area contributed by atoms with Crippen LogP contribution in [0.1, 0.15) is 19.4 Å². The van der Waals surface area contributed by atoms with Gasteiger partial charge in [-0.15, -0.1) is 0 Å². The number of para-hydroxylation sites is 1. The third kappa shape index (κ3) is 4.49. The Labute approximate surface area is 135 Å². The van der Waals surface area contributed by atoms with Gasteiger partial charge in [-0.3, -0.25) is 15.0 Å². The molecule has 1 amide bonds. The summed E-state index contributed by atoms with van der Waals surface area (Å²) in [6.45, 7) is 3.29. The summed E-state index contributed by atoms with van der Waals surface area (Å²) in [7, 11) is -3.38. The van der Waals surface area contributed by atoms with Gasteiger partial charge in [0, 0.05) is 11.6 Å². The smallest absolute Gasteiger partial charge is 0.233 e. The number of sulfone groups is 1. The van der Waals surface area contributed by atoms with Crippen LogP contribution in [0.5, 0.6) is 0 Å². The topological polar surface area (TPSA) is 87.6 Å². The largest absolute Gasteiger partial charge is 0.286 e. The number of aromatic nitrogens is 1. The van der Waals surface area contributed by atoms with Crippen LogP contribution >= 0.6 is 0 Å². The van der Waals surface area contributed by atoms with Gasteiger partial charge in [-0.1, -0.05) is 25.1 Å². The lowest BCUT2D eigenvalue weighted by Crippen LogP contribution is -2.37. The molecule has 23 heavy (non-hydrogen) atoms. The van der Waals surface area contributed by atoms with Crippen LogP contribution in [0.15, 0.2) is 36.5 Å². The number of benzene rings is 1. The van der Waals surface area contributed by atoms with Crippen LogP contribution in [0.3, 0.4) is 0 Å². The Morgan fingerprint density at radius 1 is 1.30 bits per heavy atom. The Morgan fingerprint density at radius 2 is 2.00 bits per heavy atom. The van der Waals surface area contributed by atoms with Crippen molar-refractivity contribution in [3.8, 4) is 0 Å². The Balaban J connectivity index is 2.11. The van der Waals surface area contributed by atoms with E-state index in [2.05, 4.69) is 4.98 Å². The van der Waals surface area contributed by atoms with Crippen molar-refractivity contribution in [2.75, 3.05) is 5.75 Å². The second kappa shape index (κ2) is 7.06. The molecule has 2 unspecified atom stereocenters. The van der Waals surface area contributed by atoms with Crippen LogP contribution in [0.25, 0.3) is 10.9 Å². The maximum absolute atomic E-state index is 12.3. The van der Waals surface area contributed by atoms with Crippen LogP contribution in [0.4, 0.5) is 0 Å². The van der Waals surface area contributed by atoms with Crippen molar-refractivity contribution in [1.82, 2.24) is 10.0 Å². The van der Waals surface area contributed by atoms with E-state index in [1.54, 1.807) is 20.0 Å². The van der Waals surface area contributed by atoms with E-state index in [1.807, 2.05) is 30.3 Å². The molecular weight excluding hydrogens is 316 g/mol. The van der Waals surface area contributed by atoms with Crippen molar-refractivity contribution in [2.45, 2.75) is 25.6 Å². The van der Waals surface area contributed by atoms with Crippen molar-refractivity contribution >= 4 is 27.2 Å². The summed E-state index contributed by atoms with van der Waals surface area (Å²) >= 11 is 0. The quantitative estimate of drug-likeness (QED) is 0.475. The monoisotopic (exact) mass is 336 g/mol. The minimum absolute atomic E-state index is 0.117. The normalized spacial score (nSPS) is 14.4. The van der Waals surface area contributed by atoms with Gasteiger partial charge in [0.25, 0.3) is 0 Å². The van der Waals surface area contributed by atoms with Gasteiger partial charge in [0.2, 0.25) is 6.41 Å². The maximum atomic E-state index is 12.3. The van der Waals surface area contributed by atoms with E-state index in [0.717, 1.165) is 10.9 Å². The summed E-state index contributed by atoms with van der Waals surface area (Å²) in [4.78, 5) is 14.8. The van der Waals surface area contributed by atoms with Crippen LogP contribution in [-0.4, -0.2) is 41.9 Å². The number of carbonyl (C=O) groups excluding carboxylic acids is 1. The van der Waals surface area contributed by atoms with Crippen molar-refractivity contribution in [1.29, 1.82) is 0 Å². The van der Waals surface area contributed by atoms with Crippen LogP contribution in [0.2, 0.25) is 0 Å². The molecule has 2 aromatic rings. The molecule has 1 aromatic carbocycles. The molecule has 1 N–H and O–H groups in total. The number of hydroxylamine groups is 2. The molecule has 0 aliphatic carbocycles. The Morgan fingerprint density at radius 3 is 2.70 bits per heavy atom. The second-order valence-electron chi connectivity index (χ2n) is 5.79. The fraction of sp³-hybridized carbons (Fsp3) is 0.375. The fourth-order valence-electron chi connectivity index (χ4n) is 2.40. The number of fused-ring (bicyclic) bond motifs is 1. The molecule has 0 bridgehead atoms. The molecule has 0 aliphatic rings. The number of amides is 1. The SMILES string of the molecule is CC(CS(=O)(=O)Cc1cnc2ccccc2c1)C(C)N(O)C=O. The number of nitrogens with zero attached hydrogens (tertiary/aromatic N) is 2. The maximum Gasteiger partial charge on any atom is 0.233 e. The van der Waals surface area contributed by atoms with Crippen LogP contribution in [0, 0.1) is 5.92 Å². The van der Waals surface area contributed by atoms with Crippen molar-refractivity contribution in [2.24, 2.45) is 5.92 Å². The molecular formula is C16H20N2O4S. The van der Waals surface area contributed by atoms with E-state index in [9.17, 15) is 18.4 Å². The average Bonchev–Trinajstić information content (AvgIpc) is 2.52. The highest BCUT2D eigenvalue weighted by Gasteiger charge is 2.24. The van der Waals surface area contributed by atoms with E-state index in [1.165, 1.54) is 0 Å². The Kier molecular flexibility index (Phi) is 5.33. The Bertz CT molecular complexity index is 792. The lowest BCUT2D eigenvalue weighted by molar-refractivity contribution is -0.162. The molecule has 7 heteroatoms. The first kappa shape index (κ1) is 17.4. The molecule has 0 saturated carbocycles. The summed E-state index contributed by atoms with van der Waals surface area (Å²) in [6.07, 6.45) is 1.85. The zero-order chi connectivity index (χ0) is 17.0. The summed E-state index contributed by atoms with van der Waals surface area (Å²) in [6, 6.07) is 8.75.